The van der Waals surface area contributed by atoms with Gasteiger partial charge < -0.3 is 9.64 Å². The van der Waals surface area contributed by atoms with Crippen molar-refractivity contribution in [3.05, 3.63) is 35.9 Å². The molecule has 0 spiro atoms. The van der Waals surface area contributed by atoms with Crippen molar-refractivity contribution in [2.45, 2.75) is 45.1 Å². The summed E-state index contributed by atoms with van der Waals surface area (Å²) in [6.07, 6.45) is 3.34. The number of piperidine rings is 1. The van der Waals surface area contributed by atoms with Gasteiger partial charge in [0.25, 0.3) is 0 Å². The predicted molar refractivity (Wildman–Crippen MR) is 87.7 cm³/mol. The summed E-state index contributed by atoms with van der Waals surface area (Å²) in [5.41, 5.74) is 1.32. The van der Waals surface area contributed by atoms with Crippen LogP contribution in [0.2, 0.25) is 0 Å². The monoisotopic (exact) mass is 301 g/mol. The van der Waals surface area contributed by atoms with E-state index in [1.54, 1.807) is 0 Å². The summed E-state index contributed by atoms with van der Waals surface area (Å²) in [6, 6.07) is 10.4. The lowest BCUT2D eigenvalue weighted by Crippen LogP contribution is -2.42. The molecular formula is C19H27NO2. The number of likely N-dealkylation sites (tertiary alicyclic amines) is 1. The smallest absolute Gasteiger partial charge is 0.226 e. The predicted octanol–water partition coefficient (Wildman–Crippen LogP) is 3.45. The summed E-state index contributed by atoms with van der Waals surface area (Å²) in [6.45, 7) is 6.90. The van der Waals surface area contributed by atoms with Gasteiger partial charge in [-0.15, -0.1) is 0 Å². The highest BCUT2D eigenvalue weighted by Crippen LogP contribution is 2.48. The molecule has 2 atom stereocenters. The molecule has 2 unspecified atom stereocenters. The topological polar surface area (TPSA) is 29.5 Å². The number of carbonyl (C=O) groups is 1. The minimum Gasteiger partial charge on any atom is -0.378 e. The van der Waals surface area contributed by atoms with Gasteiger partial charge in [-0.1, -0.05) is 44.2 Å². The van der Waals surface area contributed by atoms with Crippen molar-refractivity contribution >= 4 is 5.91 Å². The molecule has 3 heteroatoms. The summed E-state index contributed by atoms with van der Waals surface area (Å²) in [5.74, 6) is 1.60. The van der Waals surface area contributed by atoms with Gasteiger partial charge in [-0.25, -0.2) is 0 Å². The van der Waals surface area contributed by atoms with Crippen molar-refractivity contribution < 1.29 is 9.53 Å². The molecule has 3 nitrogen and oxygen atoms in total. The van der Waals surface area contributed by atoms with E-state index in [-0.39, 0.29) is 5.92 Å². The second kappa shape index (κ2) is 6.82. The molecule has 1 aliphatic heterocycles. The van der Waals surface area contributed by atoms with Crippen LogP contribution >= 0.6 is 0 Å². The number of benzene rings is 1. The van der Waals surface area contributed by atoms with E-state index in [1.165, 1.54) is 5.56 Å². The van der Waals surface area contributed by atoms with Crippen molar-refractivity contribution in [3.8, 4) is 0 Å². The lowest BCUT2D eigenvalue weighted by molar-refractivity contribution is -0.135. The quantitative estimate of drug-likeness (QED) is 0.833. The van der Waals surface area contributed by atoms with E-state index >= 15 is 0 Å². The van der Waals surface area contributed by atoms with Crippen LogP contribution in [0.1, 0.15) is 44.6 Å². The Bertz CT molecular complexity index is 491. The van der Waals surface area contributed by atoms with Gasteiger partial charge in [-0.2, -0.15) is 0 Å². The van der Waals surface area contributed by atoms with Crippen LogP contribution in [-0.4, -0.2) is 36.6 Å². The minimum absolute atomic E-state index is 0.218. The third kappa shape index (κ3) is 3.70. The largest absolute Gasteiger partial charge is 0.378 e. The zero-order chi connectivity index (χ0) is 15.5. The summed E-state index contributed by atoms with van der Waals surface area (Å²) in [4.78, 5) is 14.7. The molecule has 1 aromatic rings. The van der Waals surface area contributed by atoms with Gasteiger partial charge in [-0.05, 0) is 36.7 Å². The van der Waals surface area contributed by atoms with Gasteiger partial charge in [-0.3, -0.25) is 4.79 Å². The number of carbonyl (C=O) groups excluding carboxylic acids is 1. The third-order valence-corrected chi connectivity index (χ3v) is 4.75. The van der Waals surface area contributed by atoms with Crippen molar-refractivity contribution in [2.24, 2.45) is 11.8 Å². The Morgan fingerprint density at radius 3 is 2.55 bits per heavy atom. The number of ether oxygens (including phenoxy) is 1. The molecule has 2 fully saturated rings. The van der Waals surface area contributed by atoms with Crippen LogP contribution in [0.4, 0.5) is 0 Å². The molecule has 1 aromatic carbocycles. The number of amides is 1. The minimum atomic E-state index is 0.218. The number of rotatable bonds is 5. The molecule has 1 heterocycles. The van der Waals surface area contributed by atoms with Crippen LogP contribution in [0.25, 0.3) is 0 Å². The first kappa shape index (κ1) is 15.5. The summed E-state index contributed by atoms with van der Waals surface area (Å²) in [7, 11) is 0. The van der Waals surface area contributed by atoms with Crippen LogP contribution in [0.15, 0.2) is 30.3 Å². The first-order valence-corrected chi connectivity index (χ1v) is 8.60. The molecule has 0 radical (unpaired) electrons. The average Bonchev–Trinajstić information content (AvgIpc) is 3.34. The molecule has 120 valence electrons. The summed E-state index contributed by atoms with van der Waals surface area (Å²) in [5, 5.41) is 0. The first-order chi connectivity index (χ1) is 10.6. The van der Waals surface area contributed by atoms with E-state index < -0.39 is 0 Å². The lowest BCUT2D eigenvalue weighted by Gasteiger charge is -2.32. The maximum atomic E-state index is 12.6. The Labute approximate surface area is 133 Å². The average molecular weight is 301 g/mol. The van der Waals surface area contributed by atoms with E-state index in [4.69, 9.17) is 4.74 Å². The van der Waals surface area contributed by atoms with E-state index in [1.807, 2.05) is 6.07 Å². The van der Waals surface area contributed by atoms with Gasteiger partial charge in [0.15, 0.2) is 0 Å². The van der Waals surface area contributed by atoms with Crippen molar-refractivity contribution in [1.29, 1.82) is 0 Å². The second-order valence-electron chi connectivity index (χ2n) is 7.11. The molecule has 1 aliphatic carbocycles. The molecular weight excluding hydrogens is 274 g/mol. The van der Waals surface area contributed by atoms with Crippen molar-refractivity contribution in [1.82, 2.24) is 4.90 Å². The van der Waals surface area contributed by atoms with Crippen LogP contribution in [0.5, 0.6) is 0 Å². The normalized spacial score (nSPS) is 25.5. The number of hydrogen-bond donors (Lipinski definition) is 0. The van der Waals surface area contributed by atoms with Crippen LogP contribution in [0.3, 0.4) is 0 Å². The summed E-state index contributed by atoms with van der Waals surface area (Å²) < 4.78 is 5.90. The number of nitrogens with zero attached hydrogens (tertiary/aromatic N) is 1. The van der Waals surface area contributed by atoms with Gasteiger partial charge in [0, 0.05) is 25.6 Å². The Morgan fingerprint density at radius 1 is 1.23 bits per heavy atom. The fourth-order valence-electron chi connectivity index (χ4n) is 3.34. The van der Waals surface area contributed by atoms with Crippen molar-refractivity contribution in [2.75, 3.05) is 19.7 Å². The zero-order valence-electron chi connectivity index (χ0n) is 13.7. The fraction of sp³-hybridized carbons (Fsp3) is 0.632. The molecule has 0 aromatic heterocycles. The maximum Gasteiger partial charge on any atom is 0.226 e. The van der Waals surface area contributed by atoms with Crippen LogP contribution in [-0.2, 0) is 9.53 Å². The second-order valence-corrected chi connectivity index (χ2v) is 7.11. The molecule has 1 amide bonds. The van der Waals surface area contributed by atoms with Gasteiger partial charge in [0.05, 0.1) is 6.10 Å². The molecule has 1 saturated carbocycles. The Morgan fingerprint density at radius 2 is 1.91 bits per heavy atom. The molecule has 1 saturated heterocycles. The van der Waals surface area contributed by atoms with Crippen molar-refractivity contribution in [3.63, 3.8) is 0 Å². The highest BCUT2D eigenvalue weighted by atomic mass is 16.5. The maximum absolute atomic E-state index is 12.6. The van der Waals surface area contributed by atoms with Crippen LogP contribution < -0.4 is 0 Å². The number of hydrogen-bond acceptors (Lipinski definition) is 2. The molecule has 0 N–H and O–H groups in total. The SMILES string of the molecule is CC(C)COC1CCN(C(=O)C2CC2c2ccccc2)CC1. The van der Waals surface area contributed by atoms with Crippen LogP contribution in [0, 0.1) is 11.8 Å². The Hall–Kier alpha value is -1.35. The van der Waals surface area contributed by atoms with E-state index in [0.717, 1.165) is 39.0 Å². The molecule has 0 bridgehead atoms. The Balaban J connectivity index is 1.45. The van der Waals surface area contributed by atoms with Gasteiger partial charge in [0.1, 0.15) is 0 Å². The molecule has 22 heavy (non-hydrogen) atoms. The van der Waals surface area contributed by atoms with Gasteiger partial charge in [0.2, 0.25) is 5.91 Å². The van der Waals surface area contributed by atoms with E-state index in [0.29, 0.717) is 23.8 Å². The fourth-order valence-corrected chi connectivity index (χ4v) is 3.34. The first-order valence-electron chi connectivity index (χ1n) is 8.60. The lowest BCUT2D eigenvalue weighted by atomic mass is 10.1. The standard InChI is InChI=1S/C19H27NO2/c1-14(2)13-22-16-8-10-20(11-9-16)19(21)18-12-17(18)15-6-4-3-5-7-15/h3-7,14,16-18H,8-13H2,1-2H3. The van der Waals surface area contributed by atoms with Gasteiger partial charge >= 0.3 is 0 Å². The highest BCUT2D eigenvalue weighted by Gasteiger charge is 2.46. The van der Waals surface area contributed by atoms with E-state index in [9.17, 15) is 4.79 Å². The molecule has 2 aliphatic rings. The van der Waals surface area contributed by atoms with E-state index in [2.05, 4.69) is 43.0 Å². The Kier molecular flexibility index (Phi) is 4.82. The third-order valence-electron chi connectivity index (χ3n) is 4.75. The summed E-state index contributed by atoms with van der Waals surface area (Å²) >= 11 is 0. The highest BCUT2D eigenvalue weighted by molar-refractivity contribution is 5.83. The molecule has 3 rings (SSSR count). The zero-order valence-corrected chi connectivity index (χ0v) is 13.7.